The van der Waals surface area contributed by atoms with Gasteiger partial charge in [0.05, 0.1) is 33.7 Å². The van der Waals surface area contributed by atoms with Crippen molar-refractivity contribution in [2.75, 3.05) is 0 Å². The smallest absolute Gasteiger partial charge is 0.116 e. The van der Waals surface area contributed by atoms with Gasteiger partial charge in [-0.05, 0) is 55.0 Å². The zero-order valence-corrected chi connectivity index (χ0v) is 22.0. The molecule has 0 aliphatic carbocycles. The van der Waals surface area contributed by atoms with Gasteiger partial charge in [0.25, 0.3) is 0 Å². The average Bonchev–Trinajstić information content (AvgIpc) is 3.52. The van der Waals surface area contributed by atoms with Crippen molar-refractivity contribution in [1.82, 2.24) is 9.13 Å². The lowest BCUT2D eigenvalue weighted by Crippen LogP contribution is -2.09. The van der Waals surface area contributed by atoms with E-state index in [1.54, 1.807) is 0 Å². The van der Waals surface area contributed by atoms with Gasteiger partial charge in [-0.15, -0.1) is 0 Å². The van der Waals surface area contributed by atoms with Crippen LogP contribution >= 0.6 is 0 Å². The van der Waals surface area contributed by atoms with Crippen LogP contribution in [-0.4, -0.2) is 9.13 Å². The van der Waals surface area contributed by atoms with E-state index in [9.17, 15) is 5.26 Å². The van der Waals surface area contributed by atoms with Crippen molar-refractivity contribution >= 4 is 55.0 Å². The van der Waals surface area contributed by atoms with Crippen LogP contribution in [0.1, 0.15) is 18.1 Å². The molecule has 0 saturated carbocycles. The Balaban J connectivity index is 1.54. The largest absolute Gasteiger partial charge is 0.384 e. The molecule has 2 heterocycles. The standard InChI is InChI=1S/C36H26N4/c1-2-11-27(36(38)40-34-18-9-5-14-30(34)31-15-6-10-19-35(31)40)25-20-24(23-37)21-26(22-25)39-32-16-7-3-12-28(32)29-13-4-8-17-33(29)39/h2-22H,38H2,1H3/b11-2-,36-27-. The molecular weight excluding hydrogens is 488 g/mol. The number of nitriles is 1. The number of nitrogens with two attached hydrogens (primary N) is 1. The van der Waals surface area contributed by atoms with E-state index in [0.717, 1.165) is 49.7 Å². The second-order valence-corrected chi connectivity index (χ2v) is 9.92. The minimum absolute atomic E-state index is 0.575. The molecule has 2 aromatic heterocycles. The van der Waals surface area contributed by atoms with Crippen molar-refractivity contribution in [1.29, 1.82) is 5.26 Å². The Kier molecular flexibility index (Phi) is 5.50. The van der Waals surface area contributed by atoms with Crippen molar-refractivity contribution in [2.24, 2.45) is 5.73 Å². The van der Waals surface area contributed by atoms with Gasteiger partial charge >= 0.3 is 0 Å². The monoisotopic (exact) mass is 514 g/mol. The molecule has 0 bridgehead atoms. The highest BCUT2D eigenvalue weighted by molar-refractivity contribution is 6.12. The van der Waals surface area contributed by atoms with Crippen LogP contribution in [0.2, 0.25) is 0 Å². The summed E-state index contributed by atoms with van der Waals surface area (Å²) >= 11 is 0. The Bertz CT molecular complexity index is 2090. The maximum absolute atomic E-state index is 10.1. The summed E-state index contributed by atoms with van der Waals surface area (Å²) in [5.74, 6) is 0.610. The first-order valence-corrected chi connectivity index (χ1v) is 13.3. The molecule has 40 heavy (non-hydrogen) atoms. The first-order chi connectivity index (χ1) is 19.7. The number of nitrogens with zero attached hydrogens (tertiary/aromatic N) is 3. The van der Waals surface area contributed by atoms with Crippen LogP contribution in [-0.2, 0) is 0 Å². The molecule has 0 amide bonds. The van der Waals surface area contributed by atoms with E-state index in [2.05, 4.69) is 106 Å². The molecule has 0 aliphatic rings. The van der Waals surface area contributed by atoms with Crippen LogP contribution in [0.4, 0.5) is 0 Å². The third-order valence-electron chi connectivity index (χ3n) is 7.63. The predicted octanol–water partition coefficient (Wildman–Crippen LogP) is 8.62. The summed E-state index contributed by atoms with van der Waals surface area (Å²) in [6, 6.07) is 41.8. The van der Waals surface area contributed by atoms with E-state index in [1.165, 1.54) is 10.8 Å². The van der Waals surface area contributed by atoms with Crippen LogP contribution < -0.4 is 5.73 Å². The lowest BCUT2D eigenvalue weighted by molar-refractivity contribution is 1.16. The highest BCUT2D eigenvalue weighted by atomic mass is 15.1. The third kappa shape index (κ3) is 3.53. The molecule has 7 rings (SSSR count). The molecule has 0 atom stereocenters. The molecular formula is C36H26N4. The lowest BCUT2D eigenvalue weighted by Gasteiger charge is -2.16. The van der Waals surface area contributed by atoms with Crippen molar-refractivity contribution in [3.63, 3.8) is 0 Å². The number of allylic oxidation sites excluding steroid dienone is 3. The number of rotatable bonds is 4. The van der Waals surface area contributed by atoms with Gasteiger partial charge in [0, 0.05) is 32.8 Å². The van der Waals surface area contributed by atoms with Gasteiger partial charge in [-0.1, -0.05) is 84.9 Å². The summed E-state index contributed by atoms with van der Waals surface area (Å²) in [5, 5.41) is 14.8. The highest BCUT2D eigenvalue weighted by Gasteiger charge is 2.17. The zero-order chi connectivity index (χ0) is 27.2. The average molecular weight is 515 g/mol. The van der Waals surface area contributed by atoms with Gasteiger partial charge in [-0.25, -0.2) is 0 Å². The summed E-state index contributed by atoms with van der Waals surface area (Å²) in [6.07, 6.45) is 4.03. The minimum atomic E-state index is 0.575. The number of para-hydroxylation sites is 4. The van der Waals surface area contributed by atoms with Crippen molar-refractivity contribution in [3.05, 3.63) is 139 Å². The Hall–Kier alpha value is -5.53. The van der Waals surface area contributed by atoms with Crippen LogP contribution in [0.25, 0.3) is 60.7 Å². The predicted molar refractivity (Wildman–Crippen MR) is 167 cm³/mol. The summed E-state index contributed by atoms with van der Waals surface area (Å²) in [4.78, 5) is 0. The second-order valence-electron chi connectivity index (χ2n) is 9.92. The Morgan fingerprint density at radius 1 is 0.675 bits per heavy atom. The summed E-state index contributed by atoms with van der Waals surface area (Å²) in [7, 11) is 0. The van der Waals surface area contributed by atoms with E-state index in [-0.39, 0.29) is 0 Å². The van der Waals surface area contributed by atoms with E-state index in [4.69, 9.17) is 5.73 Å². The van der Waals surface area contributed by atoms with Crippen molar-refractivity contribution in [3.8, 4) is 11.8 Å². The first-order valence-electron chi connectivity index (χ1n) is 13.3. The van der Waals surface area contributed by atoms with Gasteiger partial charge in [0.15, 0.2) is 0 Å². The second kappa shape index (κ2) is 9.34. The lowest BCUT2D eigenvalue weighted by atomic mass is 10.0. The number of fused-ring (bicyclic) bond motifs is 6. The topological polar surface area (TPSA) is 59.7 Å². The molecule has 5 aromatic carbocycles. The molecule has 0 aliphatic heterocycles. The van der Waals surface area contributed by atoms with E-state index in [1.807, 2.05) is 43.3 Å². The summed E-state index contributed by atoms with van der Waals surface area (Å²) < 4.78 is 4.36. The first kappa shape index (κ1) is 23.6. The fourth-order valence-electron chi connectivity index (χ4n) is 5.96. The number of benzene rings is 5. The summed E-state index contributed by atoms with van der Waals surface area (Å²) in [6.45, 7) is 1.99. The Labute approximate surface area is 232 Å². The molecule has 4 heteroatoms. The molecule has 7 aromatic rings. The van der Waals surface area contributed by atoms with Crippen molar-refractivity contribution < 1.29 is 0 Å². The van der Waals surface area contributed by atoms with E-state index >= 15 is 0 Å². The highest BCUT2D eigenvalue weighted by Crippen LogP contribution is 2.36. The van der Waals surface area contributed by atoms with Crippen LogP contribution in [0, 0.1) is 11.3 Å². The maximum atomic E-state index is 10.1. The van der Waals surface area contributed by atoms with Gasteiger partial charge in [-0.2, -0.15) is 5.26 Å². The number of hydrogen-bond donors (Lipinski definition) is 1. The number of hydrogen-bond acceptors (Lipinski definition) is 2. The van der Waals surface area contributed by atoms with E-state index in [0.29, 0.717) is 11.4 Å². The van der Waals surface area contributed by atoms with Gasteiger partial charge in [0.2, 0.25) is 0 Å². The molecule has 0 unspecified atom stereocenters. The normalized spacial score (nSPS) is 12.5. The minimum Gasteiger partial charge on any atom is -0.384 e. The third-order valence-corrected chi connectivity index (χ3v) is 7.63. The molecule has 190 valence electrons. The van der Waals surface area contributed by atoms with Crippen LogP contribution in [0.15, 0.2) is 127 Å². The van der Waals surface area contributed by atoms with E-state index < -0.39 is 0 Å². The fraction of sp³-hybridized carbons (Fsp3) is 0.0278. The SMILES string of the molecule is C/C=C\C(=C(/N)n1c2ccccc2c2ccccc21)c1cc(C#N)cc(-n2c3ccccc3c3ccccc32)c1. The quantitative estimate of drug-likeness (QED) is 0.239. The zero-order valence-electron chi connectivity index (χ0n) is 22.0. The molecule has 0 spiro atoms. The van der Waals surface area contributed by atoms with Crippen molar-refractivity contribution in [2.45, 2.75) is 6.92 Å². The fourth-order valence-corrected chi connectivity index (χ4v) is 5.96. The van der Waals surface area contributed by atoms with Gasteiger partial charge < -0.3 is 10.3 Å². The molecule has 0 radical (unpaired) electrons. The Morgan fingerprint density at radius 2 is 1.15 bits per heavy atom. The molecule has 0 fully saturated rings. The molecule has 2 N–H and O–H groups in total. The van der Waals surface area contributed by atoms with Crippen LogP contribution in [0.5, 0.6) is 0 Å². The van der Waals surface area contributed by atoms with Gasteiger partial charge in [-0.3, -0.25) is 4.57 Å². The summed E-state index contributed by atoms with van der Waals surface area (Å²) in [5.41, 5.74) is 14.6. The molecule has 4 nitrogen and oxygen atoms in total. The Morgan fingerprint density at radius 3 is 1.65 bits per heavy atom. The van der Waals surface area contributed by atoms with Crippen LogP contribution in [0.3, 0.4) is 0 Å². The number of aromatic nitrogens is 2. The maximum Gasteiger partial charge on any atom is 0.116 e. The molecule has 0 saturated heterocycles. The van der Waals surface area contributed by atoms with Gasteiger partial charge in [0.1, 0.15) is 5.82 Å².